The molecule has 1 aromatic heterocycles. The Bertz CT molecular complexity index is 884. The lowest BCUT2D eigenvalue weighted by molar-refractivity contribution is 0.0750. The lowest BCUT2D eigenvalue weighted by Crippen LogP contribution is -2.37. The van der Waals surface area contributed by atoms with Crippen molar-refractivity contribution in [1.82, 2.24) is 15.0 Å². The quantitative estimate of drug-likeness (QED) is 0.773. The van der Waals surface area contributed by atoms with Gasteiger partial charge in [0.1, 0.15) is 17.3 Å². The summed E-state index contributed by atoms with van der Waals surface area (Å²) in [5, 5.41) is 3.91. The number of likely N-dealkylation sites (tertiary alicyclic amines) is 1. The maximum atomic E-state index is 12.8. The zero-order chi connectivity index (χ0) is 20.1. The average molecular weight is 397 g/mol. The first kappa shape index (κ1) is 18.5. The number of aromatic nitrogens is 1. The highest BCUT2D eigenvalue weighted by molar-refractivity contribution is 5.92. The van der Waals surface area contributed by atoms with Gasteiger partial charge in [0.05, 0.1) is 14.2 Å². The molecule has 3 fully saturated rings. The number of carbonyl (C=O) groups is 1. The Hall–Kier alpha value is -2.54. The molecular formula is C22H27N3O4. The fourth-order valence-corrected chi connectivity index (χ4v) is 5.71. The molecule has 0 saturated carbocycles. The number of fused-ring (bicyclic) bond motifs is 5. The lowest BCUT2D eigenvalue weighted by atomic mass is 9.82. The fourth-order valence-electron chi connectivity index (χ4n) is 5.71. The largest absolute Gasteiger partial charge is 0.497 e. The molecule has 3 aliphatic heterocycles. The third-order valence-electron chi connectivity index (χ3n) is 6.92. The summed E-state index contributed by atoms with van der Waals surface area (Å²) in [5.74, 6) is 3.40. The van der Waals surface area contributed by atoms with E-state index in [-0.39, 0.29) is 5.91 Å². The Morgan fingerprint density at radius 2 is 1.69 bits per heavy atom. The van der Waals surface area contributed by atoms with Crippen LogP contribution in [0, 0.1) is 18.8 Å². The standard InChI is InChI=1S/C22H27N3O4/c1-13-6-19(23-29-13)22(26)24-11-17-18(12-24)21-5-4-20(17)25(21)10-14-7-15(27-2)9-16(8-14)28-3/h6-9,17-18,20-21H,4-5,10-12H2,1-3H3/t17-,18+,20-,21+. The maximum Gasteiger partial charge on any atom is 0.276 e. The van der Waals surface area contributed by atoms with E-state index >= 15 is 0 Å². The molecule has 7 nitrogen and oxygen atoms in total. The van der Waals surface area contributed by atoms with E-state index in [4.69, 9.17) is 14.0 Å². The molecule has 4 heterocycles. The van der Waals surface area contributed by atoms with Crippen molar-refractivity contribution >= 4 is 5.91 Å². The van der Waals surface area contributed by atoms with Gasteiger partial charge in [-0.1, -0.05) is 5.16 Å². The van der Waals surface area contributed by atoms with Gasteiger partial charge in [0.2, 0.25) is 0 Å². The van der Waals surface area contributed by atoms with Crippen molar-refractivity contribution in [3.63, 3.8) is 0 Å². The Morgan fingerprint density at radius 1 is 1.07 bits per heavy atom. The second kappa shape index (κ2) is 7.06. The van der Waals surface area contributed by atoms with Crippen LogP contribution in [0.1, 0.15) is 34.7 Å². The molecule has 3 saturated heterocycles. The number of nitrogens with zero attached hydrogens (tertiary/aromatic N) is 3. The van der Waals surface area contributed by atoms with E-state index in [1.165, 1.54) is 18.4 Å². The Labute approximate surface area is 170 Å². The molecule has 154 valence electrons. The van der Waals surface area contributed by atoms with Gasteiger partial charge in [0, 0.05) is 43.9 Å². The SMILES string of the molecule is COc1cc(CN2[C@@H]3CC[C@H]2[C@H]2CN(C(=O)c4cc(C)on4)C[C@H]23)cc(OC)c1. The summed E-state index contributed by atoms with van der Waals surface area (Å²) in [5.41, 5.74) is 1.64. The summed E-state index contributed by atoms with van der Waals surface area (Å²) >= 11 is 0. The van der Waals surface area contributed by atoms with E-state index < -0.39 is 0 Å². The maximum absolute atomic E-state index is 12.8. The summed E-state index contributed by atoms with van der Waals surface area (Å²) in [4.78, 5) is 17.4. The highest BCUT2D eigenvalue weighted by Crippen LogP contribution is 2.50. The van der Waals surface area contributed by atoms with E-state index in [9.17, 15) is 4.79 Å². The van der Waals surface area contributed by atoms with Crippen molar-refractivity contribution in [3.05, 3.63) is 41.3 Å². The first-order chi connectivity index (χ1) is 14.1. The number of benzene rings is 1. The second-order valence-corrected chi connectivity index (χ2v) is 8.47. The molecule has 0 aliphatic carbocycles. The minimum atomic E-state index is -0.000248. The summed E-state index contributed by atoms with van der Waals surface area (Å²) in [6.07, 6.45) is 2.41. The van der Waals surface area contributed by atoms with Crippen LogP contribution in [0.4, 0.5) is 0 Å². The molecule has 29 heavy (non-hydrogen) atoms. The van der Waals surface area contributed by atoms with Crippen molar-refractivity contribution in [2.45, 2.75) is 38.4 Å². The molecule has 1 amide bonds. The zero-order valence-corrected chi connectivity index (χ0v) is 17.1. The summed E-state index contributed by atoms with van der Waals surface area (Å²) in [6, 6.07) is 8.88. The van der Waals surface area contributed by atoms with Gasteiger partial charge in [-0.25, -0.2) is 0 Å². The van der Waals surface area contributed by atoms with E-state index in [0.717, 1.165) is 31.1 Å². The van der Waals surface area contributed by atoms with Crippen LogP contribution in [-0.2, 0) is 6.54 Å². The van der Waals surface area contributed by atoms with Crippen LogP contribution in [0.3, 0.4) is 0 Å². The van der Waals surface area contributed by atoms with Crippen LogP contribution in [0.15, 0.2) is 28.8 Å². The van der Waals surface area contributed by atoms with Crippen LogP contribution in [0.25, 0.3) is 0 Å². The van der Waals surface area contributed by atoms with Crippen molar-refractivity contribution in [2.75, 3.05) is 27.3 Å². The smallest absolute Gasteiger partial charge is 0.276 e. The van der Waals surface area contributed by atoms with Crippen LogP contribution in [0.2, 0.25) is 0 Å². The highest BCUT2D eigenvalue weighted by atomic mass is 16.5. The van der Waals surface area contributed by atoms with Crippen molar-refractivity contribution in [1.29, 1.82) is 0 Å². The first-order valence-electron chi connectivity index (χ1n) is 10.3. The molecule has 4 atom stereocenters. The van der Waals surface area contributed by atoms with Crippen molar-refractivity contribution in [3.8, 4) is 11.5 Å². The van der Waals surface area contributed by atoms with Gasteiger partial charge < -0.3 is 18.9 Å². The predicted molar refractivity (Wildman–Crippen MR) is 106 cm³/mol. The molecule has 0 spiro atoms. The first-order valence-corrected chi connectivity index (χ1v) is 10.3. The topological polar surface area (TPSA) is 68.0 Å². The number of aryl methyl sites for hydroxylation is 1. The molecule has 0 N–H and O–H groups in total. The van der Waals surface area contributed by atoms with Gasteiger partial charge in [-0.15, -0.1) is 0 Å². The monoisotopic (exact) mass is 397 g/mol. The van der Waals surface area contributed by atoms with Crippen LogP contribution in [0.5, 0.6) is 11.5 Å². The molecule has 3 aliphatic rings. The van der Waals surface area contributed by atoms with Gasteiger partial charge in [0.25, 0.3) is 5.91 Å². The van der Waals surface area contributed by atoms with Crippen LogP contribution in [-0.4, -0.2) is 60.3 Å². The van der Waals surface area contributed by atoms with E-state index in [1.54, 1.807) is 20.3 Å². The lowest BCUT2D eigenvalue weighted by Gasteiger charge is -2.27. The number of rotatable bonds is 5. The Kier molecular flexibility index (Phi) is 4.50. The molecule has 2 bridgehead atoms. The summed E-state index contributed by atoms with van der Waals surface area (Å²) in [7, 11) is 3.37. The van der Waals surface area contributed by atoms with E-state index in [0.29, 0.717) is 35.4 Å². The predicted octanol–water partition coefficient (Wildman–Crippen LogP) is 2.74. The third-order valence-corrected chi connectivity index (χ3v) is 6.92. The Balaban J connectivity index is 1.31. The molecule has 7 heteroatoms. The molecule has 1 aromatic carbocycles. The number of ether oxygens (including phenoxy) is 2. The number of amides is 1. The van der Waals surface area contributed by atoms with Gasteiger partial charge >= 0.3 is 0 Å². The Morgan fingerprint density at radius 3 is 2.21 bits per heavy atom. The average Bonchev–Trinajstić information content (AvgIpc) is 3.49. The van der Waals surface area contributed by atoms with E-state index in [2.05, 4.69) is 22.2 Å². The van der Waals surface area contributed by atoms with Crippen LogP contribution < -0.4 is 9.47 Å². The number of methoxy groups -OCH3 is 2. The zero-order valence-electron chi connectivity index (χ0n) is 17.1. The van der Waals surface area contributed by atoms with Crippen molar-refractivity contribution in [2.24, 2.45) is 11.8 Å². The van der Waals surface area contributed by atoms with Gasteiger partial charge in [-0.2, -0.15) is 0 Å². The normalized spacial score (nSPS) is 28.0. The van der Waals surface area contributed by atoms with Crippen molar-refractivity contribution < 1.29 is 18.8 Å². The van der Waals surface area contributed by atoms with Gasteiger partial charge in [-0.3, -0.25) is 9.69 Å². The van der Waals surface area contributed by atoms with Gasteiger partial charge in [0.15, 0.2) is 5.69 Å². The fraction of sp³-hybridized carbons (Fsp3) is 0.545. The number of hydrogen-bond donors (Lipinski definition) is 0. The number of hydrogen-bond acceptors (Lipinski definition) is 6. The van der Waals surface area contributed by atoms with E-state index in [1.807, 2.05) is 17.9 Å². The second-order valence-electron chi connectivity index (χ2n) is 8.47. The van der Waals surface area contributed by atoms with Gasteiger partial charge in [-0.05, 0) is 49.3 Å². The minimum absolute atomic E-state index is 0.000248. The molecular weight excluding hydrogens is 370 g/mol. The molecule has 0 radical (unpaired) electrons. The van der Waals surface area contributed by atoms with Crippen LogP contribution >= 0.6 is 0 Å². The minimum Gasteiger partial charge on any atom is -0.497 e. The number of carbonyl (C=O) groups excluding carboxylic acids is 1. The molecule has 2 aromatic rings. The highest BCUT2D eigenvalue weighted by Gasteiger charge is 2.56. The molecule has 5 rings (SSSR count). The summed E-state index contributed by atoms with van der Waals surface area (Å²) in [6.45, 7) is 4.34. The molecule has 0 unspecified atom stereocenters. The summed E-state index contributed by atoms with van der Waals surface area (Å²) < 4.78 is 16.0. The third kappa shape index (κ3) is 3.08.